The van der Waals surface area contributed by atoms with Crippen molar-refractivity contribution in [2.45, 2.75) is 26.7 Å². The minimum atomic E-state index is -0.945. The van der Waals surface area contributed by atoms with Gasteiger partial charge in [0.2, 0.25) is 11.3 Å². The topological polar surface area (TPSA) is 65.3 Å². The lowest BCUT2D eigenvalue weighted by Gasteiger charge is -2.41. The van der Waals surface area contributed by atoms with Crippen molar-refractivity contribution in [1.29, 1.82) is 0 Å². The van der Waals surface area contributed by atoms with Gasteiger partial charge in [0, 0.05) is 21.5 Å². The molecule has 0 fully saturated rings. The van der Waals surface area contributed by atoms with Crippen LogP contribution in [0.1, 0.15) is 38.9 Å². The highest BCUT2D eigenvalue weighted by Crippen LogP contribution is 2.52. The van der Waals surface area contributed by atoms with Gasteiger partial charge in [0.25, 0.3) is 23.3 Å². The van der Waals surface area contributed by atoms with E-state index in [-0.39, 0.29) is 0 Å². The average molecular weight is 567 g/mol. The number of amidine groups is 4. The van der Waals surface area contributed by atoms with Gasteiger partial charge in [-0.15, -0.1) is 9.15 Å². The Morgan fingerprint density at radius 2 is 1.20 bits per heavy atom. The number of hydrogen-bond acceptors (Lipinski definition) is 4. The smallest absolute Gasteiger partial charge is 0.211 e. The zero-order valence-corrected chi connectivity index (χ0v) is 24.1. The predicted molar refractivity (Wildman–Crippen MR) is 168 cm³/mol. The maximum Gasteiger partial charge on any atom is 0.402 e. The molecule has 6 aromatic rings. The van der Waals surface area contributed by atoms with Gasteiger partial charge >= 0.3 is 5.91 Å². The van der Waals surface area contributed by atoms with Crippen molar-refractivity contribution in [3.63, 3.8) is 0 Å². The molecular weight excluding hydrogens is 544 g/mol. The van der Waals surface area contributed by atoms with Crippen molar-refractivity contribution in [2.75, 3.05) is 0 Å². The Kier molecular flexibility index (Phi) is 3.27. The number of hydrogen-bond donors (Lipinski definition) is 0. The van der Waals surface area contributed by atoms with E-state index < -0.39 is 5.91 Å². The maximum atomic E-state index is 5.56. The molecule has 1 atom stereocenters. The average Bonchev–Trinajstić information content (AvgIpc) is 3.75. The molecule has 4 aromatic carbocycles. The first-order valence-electron chi connectivity index (χ1n) is 15.0. The normalized spacial score (nSPS) is 20.2. The van der Waals surface area contributed by atoms with Crippen molar-refractivity contribution in [2.24, 2.45) is 20.0 Å². The summed E-state index contributed by atoms with van der Waals surface area (Å²) in [6.07, 6.45) is 0. The van der Waals surface area contributed by atoms with Gasteiger partial charge < -0.3 is 0 Å². The Bertz CT molecular complexity index is 2800. The first-order valence-corrected chi connectivity index (χ1v) is 15.0. The molecule has 6 aliphatic rings. The third-order valence-electron chi connectivity index (χ3n) is 10.4. The minimum Gasteiger partial charge on any atom is -0.211 e. The van der Waals surface area contributed by atoms with E-state index >= 15 is 0 Å². The summed E-state index contributed by atoms with van der Waals surface area (Å²) in [4.78, 5) is 22.1. The number of aromatic nitrogens is 2. The lowest BCUT2D eigenvalue weighted by molar-refractivity contribution is -0.791. The second kappa shape index (κ2) is 6.58. The third-order valence-corrected chi connectivity index (χ3v) is 10.4. The van der Waals surface area contributed by atoms with E-state index in [1.54, 1.807) is 0 Å². The fourth-order valence-electron chi connectivity index (χ4n) is 8.67. The molecule has 8 heteroatoms. The number of aryl methyl sites for hydroxylation is 3. The fourth-order valence-corrected chi connectivity index (χ4v) is 8.67. The second-order valence-corrected chi connectivity index (χ2v) is 12.5. The van der Waals surface area contributed by atoms with Crippen LogP contribution in [0, 0.1) is 20.8 Å². The highest BCUT2D eigenvalue weighted by Gasteiger charge is 2.69. The Morgan fingerprint density at radius 1 is 0.523 bits per heavy atom. The Labute approximate surface area is 249 Å². The van der Waals surface area contributed by atoms with Crippen LogP contribution in [0.3, 0.4) is 0 Å². The standard InChI is InChI=1S/C36H22N8/c1-17-9-6-14-22-25(17)33-39-32-24-16-8-11-19(3)27(24)35-40-34-26-18(2)10-7-15-23(26)31-38-29-21-13-5-4-12-20(21)28-37-30(22)42(33)36(41(28)29,43(31)34)44(32)35/h4-16H,1-3H3/q+2. The van der Waals surface area contributed by atoms with E-state index in [4.69, 9.17) is 20.0 Å². The van der Waals surface area contributed by atoms with Crippen LogP contribution in [-0.4, -0.2) is 41.6 Å². The van der Waals surface area contributed by atoms with E-state index in [9.17, 15) is 0 Å². The first kappa shape index (κ1) is 21.9. The second-order valence-electron chi connectivity index (χ2n) is 12.5. The first-order chi connectivity index (χ1) is 21.6. The zero-order valence-electron chi connectivity index (χ0n) is 24.1. The molecule has 0 bridgehead atoms. The van der Waals surface area contributed by atoms with E-state index in [0.717, 1.165) is 89.8 Å². The minimum absolute atomic E-state index is 0.903. The molecule has 0 saturated carbocycles. The van der Waals surface area contributed by atoms with E-state index in [1.165, 1.54) is 16.7 Å². The van der Waals surface area contributed by atoms with Crippen LogP contribution < -0.4 is 11.0 Å². The summed E-state index contributed by atoms with van der Waals surface area (Å²) < 4.78 is 9.47. The number of benzene rings is 4. The SMILES string of the molecule is Cc1cccc2c1C1=Nc3c4cccc(C)c4c4n3C35n6c(c7cccc(C)c7c6=N4)=NC4=[N+]3C(=NC2=[N+]15)c1ccccc14. The molecule has 0 radical (unpaired) electrons. The molecular formula is C36H22N8+2. The Hall–Kier alpha value is -5.76. The van der Waals surface area contributed by atoms with E-state index in [2.05, 4.69) is 118 Å². The van der Waals surface area contributed by atoms with Crippen LogP contribution in [0.25, 0.3) is 21.5 Å². The van der Waals surface area contributed by atoms with Gasteiger partial charge in [-0.05, 0) is 67.8 Å². The quantitative estimate of drug-likeness (QED) is 0.241. The molecule has 2 aromatic heterocycles. The summed E-state index contributed by atoms with van der Waals surface area (Å²) in [5.41, 5.74) is 9.78. The molecule has 0 saturated heterocycles. The lowest BCUT2D eigenvalue weighted by Crippen LogP contribution is -2.71. The van der Waals surface area contributed by atoms with Crippen molar-refractivity contribution in [1.82, 2.24) is 9.13 Å². The highest BCUT2D eigenvalue weighted by atomic mass is 15.7. The predicted octanol–water partition coefficient (Wildman–Crippen LogP) is 4.63. The number of aliphatic imine (C=N–C) groups is 2. The molecule has 0 aliphatic carbocycles. The van der Waals surface area contributed by atoms with Gasteiger partial charge in [-0.25, -0.2) is 14.1 Å². The van der Waals surface area contributed by atoms with Crippen LogP contribution in [-0.2, 0) is 5.91 Å². The molecule has 0 amide bonds. The summed E-state index contributed by atoms with van der Waals surface area (Å²) in [5.74, 6) is 4.52. The number of fused-ring (bicyclic) bond motifs is 12. The molecule has 1 unspecified atom stereocenters. The largest absolute Gasteiger partial charge is 0.402 e. The molecule has 12 rings (SSSR count). The van der Waals surface area contributed by atoms with Gasteiger partial charge in [-0.2, -0.15) is 0 Å². The van der Waals surface area contributed by atoms with Crippen LogP contribution in [0.5, 0.6) is 0 Å². The zero-order chi connectivity index (χ0) is 28.8. The van der Waals surface area contributed by atoms with Crippen molar-refractivity contribution in [3.05, 3.63) is 129 Å². The third kappa shape index (κ3) is 1.97. The van der Waals surface area contributed by atoms with Crippen molar-refractivity contribution < 1.29 is 9.15 Å². The van der Waals surface area contributed by atoms with Crippen molar-refractivity contribution >= 4 is 56.5 Å². The summed E-state index contributed by atoms with van der Waals surface area (Å²) in [6, 6.07) is 28.1. The molecule has 1 spiro atoms. The lowest BCUT2D eigenvalue weighted by atomic mass is 10.0. The summed E-state index contributed by atoms with van der Waals surface area (Å²) in [5, 5.41) is 4.47. The summed E-state index contributed by atoms with van der Waals surface area (Å²) >= 11 is 0. The molecule has 204 valence electrons. The van der Waals surface area contributed by atoms with Crippen LogP contribution in [0.4, 0.5) is 11.6 Å². The van der Waals surface area contributed by atoms with Crippen LogP contribution >= 0.6 is 0 Å². The van der Waals surface area contributed by atoms with Crippen LogP contribution in [0.2, 0.25) is 0 Å². The molecule has 44 heavy (non-hydrogen) atoms. The van der Waals surface area contributed by atoms with Crippen LogP contribution in [0.15, 0.2) is 98.8 Å². The Balaban J connectivity index is 1.45. The van der Waals surface area contributed by atoms with E-state index in [0.29, 0.717) is 0 Å². The molecule has 8 nitrogen and oxygen atoms in total. The van der Waals surface area contributed by atoms with Gasteiger partial charge in [0.1, 0.15) is 0 Å². The van der Waals surface area contributed by atoms with Crippen molar-refractivity contribution in [3.8, 4) is 0 Å². The van der Waals surface area contributed by atoms with Gasteiger partial charge in [-0.3, -0.25) is 0 Å². The fraction of sp³-hybridized carbons (Fsp3) is 0.111. The van der Waals surface area contributed by atoms with Gasteiger partial charge in [0.05, 0.1) is 22.3 Å². The molecule has 8 heterocycles. The Morgan fingerprint density at radius 3 is 2.07 bits per heavy atom. The summed E-state index contributed by atoms with van der Waals surface area (Å²) in [7, 11) is 0. The highest BCUT2D eigenvalue weighted by molar-refractivity contribution is 6.24. The molecule has 6 aliphatic heterocycles. The monoisotopic (exact) mass is 566 g/mol. The molecule has 0 N–H and O–H groups in total. The maximum absolute atomic E-state index is 5.56. The number of nitrogens with zero attached hydrogens (tertiary/aromatic N) is 8. The summed E-state index contributed by atoms with van der Waals surface area (Å²) in [6.45, 7) is 6.54. The van der Waals surface area contributed by atoms with Gasteiger partial charge in [0.15, 0.2) is 11.3 Å². The van der Waals surface area contributed by atoms with E-state index in [1.807, 2.05) is 0 Å². The number of rotatable bonds is 0. The van der Waals surface area contributed by atoms with Gasteiger partial charge in [-0.1, -0.05) is 63.5 Å².